The minimum Gasteiger partial charge on any atom is -0.313 e. The number of nitro groups is 1. The van der Waals surface area contributed by atoms with Crippen molar-refractivity contribution in [2.75, 3.05) is 6.54 Å². The Bertz CT molecular complexity index is 431. The largest absolute Gasteiger partial charge is 0.313 e. The van der Waals surface area contributed by atoms with Gasteiger partial charge in [-0.3, -0.25) is 10.1 Å². The molecule has 0 aromatic heterocycles. The van der Waals surface area contributed by atoms with Crippen LogP contribution in [-0.2, 0) is 6.54 Å². The molecule has 2 unspecified atom stereocenters. The molecule has 0 saturated heterocycles. The molecular weight excluding hydrogens is 252 g/mol. The molecule has 4 nitrogen and oxygen atoms in total. The molecular formula is C16H24N2O2. The fourth-order valence-corrected chi connectivity index (χ4v) is 3.10. The van der Waals surface area contributed by atoms with Gasteiger partial charge in [0.2, 0.25) is 0 Å². The highest BCUT2D eigenvalue weighted by atomic mass is 16.6. The summed E-state index contributed by atoms with van der Waals surface area (Å²) in [6, 6.07) is 6.79. The smallest absolute Gasteiger partial charge is 0.269 e. The summed E-state index contributed by atoms with van der Waals surface area (Å²) < 4.78 is 0. The van der Waals surface area contributed by atoms with E-state index in [9.17, 15) is 10.1 Å². The van der Waals surface area contributed by atoms with E-state index in [2.05, 4.69) is 12.2 Å². The summed E-state index contributed by atoms with van der Waals surface area (Å²) in [7, 11) is 0. The first-order valence-corrected chi connectivity index (χ1v) is 7.59. The van der Waals surface area contributed by atoms with Gasteiger partial charge in [0.05, 0.1) is 4.92 Å². The van der Waals surface area contributed by atoms with Gasteiger partial charge in [-0.05, 0) is 36.8 Å². The van der Waals surface area contributed by atoms with Gasteiger partial charge < -0.3 is 5.32 Å². The Kier molecular flexibility index (Phi) is 5.53. The molecule has 1 aliphatic rings. The van der Waals surface area contributed by atoms with Crippen molar-refractivity contribution in [1.82, 2.24) is 5.32 Å². The van der Waals surface area contributed by atoms with Crippen molar-refractivity contribution < 1.29 is 4.92 Å². The van der Waals surface area contributed by atoms with Gasteiger partial charge in [-0.1, -0.05) is 38.3 Å². The second kappa shape index (κ2) is 7.39. The molecule has 0 aliphatic heterocycles. The first-order chi connectivity index (χ1) is 9.65. The molecule has 0 radical (unpaired) electrons. The molecule has 1 aliphatic carbocycles. The predicted molar refractivity (Wildman–Crippen MR) is 80.5 cm³/mol. The molecule has 1 N–H and O–H groups in total. The van der Waals surface area contributed by atoms with Crippen LogP contribution in [0.4, 0.5) is 5.69 Å². The third-order valence-corrected chi connectivity index (χ3v) is 4.25. The maximum absolute atomic E-state index is 10.6. The fraction of sp³-hybridized carbons (Fsp3) is 0.625. The van der Waals surface area contributed by atoms with Crippen molar-refractivity contribution >= 4 is 5.69 Å². The lowest BCUT2D eigenvalue weighted by Crippen LogP contribution is -2.21. The average molecular weight is 276 g/mol. The Hall–Kier alpha value is -1.42. The van der Waals surface area contributed by atoms with Crippen LogP contribution in [0.25, 0.3) is 0 Å². The maximum Gasteiger partial charge on any atom is 0.269 e. The molecule has 1 saturated carbocycles. The number of nitrogens with zero attached hydrogens (tertiary/aromatic N) is 1. The number of hydrogen-bond donors (Lipinski definition) is 1. The van der Waals surface area contributed by atoms with Crippen molar-refractivity contribution in [2.45, 2.75) is 45.6 Å². The summed E-state index contributed by atoms with van der Waals surface area (Å²) in [5, 5.41) is 14.0. The second-order valence-corrected chi connectivity index (χ2v) is 6.03. The molecule has 20 heavy (non-hydrogen) atoms. The first kappa shape index (κ1) is 15.0. The quantitative estimate of drug-likeness (QED) is 0.487. The van der Waals surface area contributed by atoms with E-state index in [1.807, 2.05) is 12.1 Å². The third-order valence-electron chi connectivity index (χ3n) is 4.25. The van der Waals surface area contributed by atoms with Gasteiger partial charge in [0, 0.05) is 18.7 Å². The Morgan fingerprint density at radius 1 is 1.30 bits per heavy atom. The summed E-state index contributed by atoms with van der Waals surface area (Å²) in [4.78, 5) is 10.2. The zero-order valence-corrected chi connectivity index (χ0v) is 12.2. The van der Waals surface area contributed by atoms with Crippen LogP contribution in [-0.4, -0.2) is 11.5 Å². The summed E-state index contributed by atoms with van der Waals surface area (Å²) in [5.41, 5.74) is 1.26. The monoisotopic (exact) mass is 276 g/mol. The minimum absolute atomic E-state index is 0.157. The summed E-state index contributed by atoms with van der Waals surface area (Å²) in [6.07, 6.45) is 6.78. The van der Waals surface area contributed by atoms with Gasteiger partial charge in [-0.2, -0.15) is 0 Å². The van der Waals surface area contributed by atoms with Crippen LogP contribution in [0.1, 0.15) is 44.6 Å². The lowest BCUT2D eigenvalue weighted by molar-refractivity contribution is -0.384. The van der Waals surface area contributed by atoms with Gasteiger partial charge in [-0.15, -0.1) is 0 Å². The van der Waals surface area contributed by atoms with E-state index in [-0.39, 0.29) is 10.6 Å². The summed E-state index contributed by atoms with van der Waals surface area (Å²) >= 11 is 0. The van der Waals surface area contributed by atoms with Gasteiger partial charge in [0.1, 0.15) is 0 Å². The summed E-state index contributed by atoms with van der Waals surface area (Å²) in [5.74, 6) is 1.77. The Morgan fingerprint density at radius 2 is 2.05 bits per heavy atom. The molecule has 0 heterocycles. The number of nitro benzene ring substituents is 1. The SMILES string of the molecule is CC1CCCC(CCNCc2ccc([N+](=O)[O-])cc2)C1. The predicted octanol–water partition coefficient (Wildman–Crippen LogP) is 3.90. The highest BCUT2D eigenvalue weighted by Crippen LogP contribution is 2.30. The normalized spacial score (nSPS) is 22.6. The van der Waals surface area contributed by atoms with Crippen LogP contribution in [0, 0.1) is 22.0 Å². The lowest BCUT2D eigenvalue weighted by Gasteiger charge is -2.26. The zero-order valence-electron chi connectivity index (χ0n) is 12.2. The van der Waals surface area contributed by atoms with E-state index in [0.717, 1.165) is 30.5 Å². The first-order valence-electron chi connectivity index (χ1n) is 7.59. The van der Waals surface area contributed by atoms with Crippen LogP contribution in [0.3, 0.4) is 0 Å². The molecule has 0 amide bonds. The molecule has 1 fully saturated rings. The van der Waals surface area contributed by atoms with E-state index >= 15 is 0 Å². The number of rotatable bonds is 6. The van der Waals surface area contributed by atoms with Gasteiger partial charge >= 0.3 is 0 Å². The molecule has 110 valence electrons. The highest BCUT2D eigenvalue weighted by molar-refractivity contribution is 5.32. The fourth-order valence-electron chi connectivity index (χ4n) is 3.10. The van der Waals surface area contributed by atoms with E-state index in [0.29, 0.717) is 0 Å². The van der Waals surface area contributed by atoms with Crippen LogP contribution in [0.2, 0.25) is 0 Å². The van der Waals surface area contributed by atoms with Crippen LogP contribution in [0.15, 0.2) is 24.3 Å². The lowest BCUT2D eigenvalue weighted by atomic mass is 9.81. The number of benzene rings is 1. The van der Waals surface area contributed by atoms with Crippen molar-refractivity contribution in [1.29, 1.82) is 0 Å². The van der Waals surface area contributed by atoms with Crippen molar-refractivity contribution in [3.63, 3.8) is 0 Å². The molecule has 0 spiro atoms. The van der Waals surface area contributed by atoms with Crippen molar-refractivity contribution in [3.05, 3.63) is 39.9 Å². The van der Waals surface area contributed by atoms with Crippen molar-refractivity contribution in [3.8, 4) is 0 Å². The Labute approximate surface area is 120 Å². The van der Waals surface area contributed by atoms with Crippen molar-refractivity contribution in [2.24, 2.45) is 11.8 Å². The summed E-state index contributed by atoms with van der Waals surface area (Å²) in [6.45, 7) is 4.19. The van der Waals surface area contributed by atoms with Crippen LogP contribution in [0.5, 0.6) is 0 Å². The molecule has 4 heteroatoms. The molecule has 1 aromatic carbocycles. The molecule has 0 bridgehead atoms. The maximum atomic E-state index is 10.6. The number of nitrogens with one attached hydrogen (secondary N) is 1. The minimum atomic E-state index is -0.360. The average Bonchev–Trinajstić information content (AvgIpc) is 2.44. The van der Waals surface area contributed by atoms with Gasteiger partial charge in [0.15, 0.2) is 0 Å². The number of non-ortho nitro benzene ring substituents is 1. The Morgan fingerprint density at radius 3 is 2.70 bits per heavy atom. The zero-order chi connectivity index (χ0) is 14.4. The van der Waals surface area contributed by atoms with E-state index in [1.165, 1.54) is 32.1 Å². The van der Waals surface area contributed by atoms with E-state index in [4.69, 9.17) is 0 Å². The second-order valence-electron chi connectivity index (χ2n) is 6.03. The van der Waals surface area contributed by atoms with E-state index < -0.39 is 0 Å². The molecule has 2 rings (SSSR count). The standard InChI is InChI=1S/C16H24N2O2/c1-13-3-2-4-14(11-13)9-10-17-12-15-5-7-16(8-6-15)18(19)20/h5-8,13-14,17H,2-4,9-12H2,1H3. The highest BCUT2D eigenvalue weighted by Gasteiger charge is 2.18. The third kappa shape index (κ3) is 4.60. The molecule has 1 aromatic rings. The molecule has 2 atom stereocenters. The Balaban J connectivity index is 1.66. The van der Waals surface area contributed by atoms with Crippen LogP contribution >= 0.6 is 0 Å². The van der Waals surface area contributed by atoms with Gasteiger partial charge in [0.25, 0.3) is 5.69 Å². The number of hydrogen-bond acceptors (Lipinski definition) is 3. The van der Waals surface area contributed by atoms with Crippen LogP contribution < -0.4 is 5.32 Å². The van der Waals surface area contributed by atoms with E-state index in [1.54, 1.807) is 12.1 Å². The topological polar surface area (TPSA) is 55.2 Å². The van der Waals surface area contributed by atoms with Gasteiger partial charge in [-0.25, -0.2) is 0 Å².